The van der Waals surface area contributed by atoms with Crippen LogP contribution in [0.2, 0.25) is 0 Å². The van der Waals surface area contributed by atoms with Crippen LogP contribution in [0.5, 0.6) is 11.5 Å². The van der Waals surface area contributed by atoms with E-state index in [4.69, 9.17) is 9.47 Å². The molecule has 2 atom stereocenters. The molecule has 1 aromatic rings. The Hall–Kier alpha value is -1.75. The molecule has 2 heterocycles. The van der Waals surface area contributed by atoms with Crippen LogP contribution in [-0.2, 0) is 17.8 Å². The highest BCUT2D eigenvalue weighted by molar-refractivity contribution is 5.78. The monoisotopic (exact) mass is 290 g/mol. The molecule has 114 valence electrons. The fourth-order valence-corrected chi connectivity index (χ4v) is 3.02. The summed E-state index contributed by atoms with van der Waals surface area (Å²) >= 11 is 0. The normalized spacial score (nSPS) is 23.6. The van der Waals surface area contributed by atoms with E-state index >= 15 is 0 Å². The quantitative estimate of drug-likeness (QED) is 0.860. The van der Waals surface area contributed by atoms with E-state index in [9.17, 15) is 4.79 Å². The Kier molecular flexibility index (Phi) is 4.01. The second kappa shape index (κ2) is 5.93. The van der Waals surface area contributed by atoms with E-state index in [2.05, 4.69) is 29.7 Å². The number of amides is 1. The van der Waals surface area contributed by atoms with Gasteiger partial charge in [0, 0.05) is 43.1 Å². The van der Waals surface area contributed by atoms with Crippen LogP contribution in [0.1, 0.15) is 30.9 Å². The standard InChI is InChI=1S/C16H22N2O3/c1-10-5-11-6-14(20-2)12(7-15(11)21-10)8-17-9-13-3-4-16(19)18-13/h6-7,10,13,17H,3-5,8-9H2,1-2H3,(H,18,19). The third kappa shape index (κ3) is 3.13. The zero-order chi connectivity index (χ0) is 14.8. The van der Waals surface area contributed by atoms with Crippen molar-refractivity contribution < 1.29 is 14.3 Å². The van der Waals surface area contributed by atoms with Crippen molar-refractivity contribution in [3.63, 3.8) is 0 Å². The maximum Gasteiger partial charge on any atom is 0.220 e. The molecule has 0 saturated carbocycles. The number of hydrogen-bond acceptors (Lipinski definition) is 4. The number of hydrogen-bond donors (Lipinski definition) is 2. The number of carbonyl (C=O) groups excluding carboxylic acids is 1. The van der Waals surface area contributed by atoms with Gasteiger partial charge in [-0.2, -0.15) is 0 Å². The molecule has 0 radical (unpaired) electrons. The molecule has 1 saturated heterocycles. The topological polar surface area (TPSA) is 59.6 Å². The minimum atomic E-state index is 0.152. The van der Waals surface area contributed by atoms with Gasteiger partial charge in [-0.15, -0.1) is 0 Å². The highest BCUT2D eigenvalue weighted by Gasteiger charge is 2.22. The first-order valence-corrected chi connectivity index (χ1v) is 7.52. The number of methoxy groups -OCH3 is 1. The Morgan fingerprint density at radius 1 is 1.48 bits per heavy atom. The Balaban J connectivity index is 1.62. The van der Waals surface area contributed by atoms with Crippen molar-refractivity contribution in [1.29, 1.82) is 0 Å². The Morgan fingerprint density at radius 3 is 3.05 bits per heavy atom. The summed E-state index contributed by atoms with van der Waals surface area (Å²) in [7, 11) is 1.70. The van der Waals surface area contributed by atoms with Crippen molar-refractivity contribution in [3.05, 3.63) is 23.3 Å². The first-order chi connectivity index (χ1) is 10.2. The SMILES string of the molecule is COc1cc2c(cc1CNCC1CCC(=O)N1)OC(C)C2. The van der Waals surface area contributed by atoms with Crippen molar-refractivity contribution in [3.8, 4) is 11.5 Å². The van der Waals surface area contributed by atoms with Gasteiger partial charge in [0.15, 0.2) is 0 Å². The van der Waals surface area contributed by atoms with E-state index < -0.39 is 0 Å². The maximum absolute atomic E-state index is 11.2. The molecule has 21 heavy (non-hydrogen) atoms. The smallest absolute Gasteiger partial charge is 0.220 e. The predicted molar refractivity (Wildman–Crippen MR) is 79.7 cm³/mol. The molecule has 2 aliphatic rings. The van der Waals surface area contributed by atoms with Gasteiger partial charge in [0.05, 0.1) is 7.11 Å². The number of benzene rings is 1. The first-order valence-electron chi connectivity index (χ1n) is 7.52. The van der Waals surface area contributed by atoms with Crippen molar-refractivity contribution in [2.45, 2.75) is 44.9 Å². The molecule has 2 aliphatic heterocycles. The fourth-order valence-electron chi connectivity index (χ4n) is 3.02. The molecular formula is C16H22N2O3. The van der Waals surface area contributed by atoms with E-state index in [-0.39, 0.29) is 18.1 Å². The van der Waals surface area contributed by atoms with Crippen LogP contribution in [0.25, 0.3) is 0 Å². The van der Waals surface area contributed by atoms with Gasteiger partial charge in [-0.3, -0.25) is 4.79 Å². The molecular weight excluding hydrogens is 268 g/mol. The van der Waals surface area contributed by atoms with Gasteiger partial charge < -0.3 is 20.1 Å². The van der Waals surface area contributed by atoms with Gasteiger partial charge >= 0.3 is 0 Å². The average molecular weight is 290 g/mol. The summed E-state index contributed by atoms with van der Waals surface area (Å²) in [5.41, 5.74) is 2.31. The first kappa shape index (κ1) is 14.2. The van der Waals surface area contributed by atoms with Gasteiger partial charge in [0.1, 0.15) is 17.6 Å². The number of rotatable bonds is 5. The lowest BCUT2D eigenvalue weighted by atomic mass is 10.1. The average Bonchev–Trinajstić information content (AvgIpc) is 3.02. The zero-order valence-corrected chi connectivity index (χ0v) is 12.6. The molecule has 2 N–H and O–H groups in total. The highest BCUT2D eigenvalue weighted by Crippen LogP contribution is 2.34. The summed E-state index contributed by atoms with van der Waals surface area (Å²) in [5.74, 6) is 2.02. The molecule has 0 bridgehead atoms. The fraction of sp³-hybridized carbons (Fsp3) is 0.562. The number of ether oxygens (including phenoxy) is 2. The van der Waals surface area contributed by atoms with E-state index in [1.54, 1.807) is 7.11 Å². The summed E-state index contributed by atoms with van der Waals surface area (Å²) in [6, 6.07) is 4.39. The maximum atomic E-state index is 11.2. The van der Waals surface area contributed by atoms with Crippen LogP contribution < -0.4 is 20.1 Å². The second-order valence-electron chi connectivity index (χ2n) is 5.84. The van der Waals surface area contributed by atoms with Crippen LogP contribution in [-0.4, -0.2) is 31.7 Å². The molecule has 2 unspecified atom stereocenters. The summed E-state index contributed by atoms with van der Waals surface area (Å²) in [6.07, 6.45) is 2.73. The lowest BCUT2D eigenvalue weighted by molar-refractivity contribution is -0.119. The molecule has 5 heteroatoms. The number of carbonyl (C=O) groups is 1. The highest BCUT2D eigenvalue weighted by atomic mass is 16.5. The summed E-state index contributed by atoms with van der Waals surface area (Å²) in [4.78, 5) is 11.2. The van der Waals surface area contributed by atoms with Crippen molar-refractivity contribution in [2.75, 3.05) is 13.7 Å². The van der Waals surface area contributed by atoms with E-state index in [0.29, 0.717) is 13.0 Å². The third-order valence-corrected chi connectivity index (χ3v) is 4.09. The molecule has 0 aromatic heterocycles. The van der Waals surface area contributed by atoms with Crippen LogP contribution in [0.4, 0.5) is 0 Å². The van der Waals surface area contributed by atoms with Crippen LogP contribution in [0.15, 0.2) is 12.1 Å². The van der Waals surface area contributed by atoms with Crippen LogP contribution in [0, 0.1) is 0 Å². The Labute approximate surface area is 125 Å². The van der Waals surface area contributed by atoms with Gasteiger partial charge in [-0.25, -0.2) is 0 Å². The van der Waals surface area contributed by atoms with Gasteiger partial charge in [-0.05, 0) is 25.5 Å². The predicted octanol–water partition coefficient (Wildman–Crippen LogP) is 1.39. The molecule has 3 rings (SSSR count). The van der Waals surface area contributed by atoms with Crippen molar-refractivity contribution >= 4 is 5.91 Å². The van der Waals surface area contributed by atoms with Crippen molar-refractivity contribution in [2.24, 2.45) is 0 Å². The molecule has 1 amide bonds. The molecule has 0 aliphatic carbocycles. The summed E-state index contributed by atoms with van der Waals surface area (Å²) in [5, 5.41) is 6.35. The third-order valence-electron chi connectivity index (χ3n) is 4.09. The summed E-state index contributed by atoms with van der Waals surface area (Å²) in [6.45, 7) is 3.57. The Morgan fingerprint density at radius 2 is 2.33 bits per heavy atom. The molecule has 0 spiro atoms. The number of fused-ring (bicyclic) bond motifs is 1. The minimum Gasteiger partial charge on any atom is -0.496 e. The van der Waals surface area contributed by atoms with E-state index in [1.807, 2.05) is 0 Å². The van der Waals surface area contributed by atoms with Gasteiger partial charge in [0.25, 0.3) is 0 Å². The lowest BCUT2D eigenvalue weighted by Gasteiger charge is -2.14. The van der Waals surface area contributed by atoms with Crippen molar-refractivity contribution in [1.82, 2.24) is 10.6 Å². The lowest BCUT2D eigenvalue weighted by Crippen LogP contribution is -2.35. The number of nitrogens with one attached hydrogen (secondary N) is 2. The minimum absolute atomic E-state index is 0.152. The Bertz CT molecular complexity index is 545. The van der Waals surface area contributed by atoms with E-state index in [1.165, 1.54) is 5.56 Å². The summed E-state index contributed by atoms with van der Waals surface area (Å²) < 4.78 is 11.3. The van der Waals surface area contributed by atoms with Gasteiger partial charge in [-0.1, -0.05) is 0 Å². The molecule has 1 fully saturated rings. The van der Waals surface area contributed by atoms with E-state index in [0.717, 1.165) is 36.4 Å². The zero-order valence-electron chi connectivity index (χ0n) is 12.6. The van der Waals surface area contributed by atoms with Crippen LogP contribution in [0.3, 0.4) is 0 Å². The largest absolute Gasteiger partial charge is 0.496 e. The van der Waals surface area contributed by atoms with Gasteiger partial charge in [0.2, 0.25) is 5.91 Å². The molecule has 1 aromatic carbocycles. The molecule has 5 nitrogen and oxygen atoms in total. The second-order valence-corrected chi connectivity index (χ2v) is 5.84. The van der Waals surface area contributed by atoms with Crippen LogP contribution >= 0.6 is 0 Å².